The van der Waals surface area contributed by atoms with Gasteiger partial charge in [-0.1, -0.05) is 11.6 Å². The maximum Gasteiger partial charge on any atom is 0.119 e. The summed E-state index contributed by atoms with van der Waals surface area (Å²) in [6, 6.07) is 3.66. The monoisotopic (exact) mass is 198 g/mol. The first-order chi connectivity index (χ1) is 5.68. The van der Waals surface area contributed by atoms with Gasteiger partial charge in [-0.15, -0.1) is 11.3 Å². The van der Waals surface area contributed by atoms with E-state index in [1.165, 1.54) is 0 Å². The summed E-state index contributed by atoms with van der Waals surface area (Å²) in [6.45, 7) is 1.88. The summed E-state index contributed by atoms with van der Waals surface area (Å²) >= 11 is 7.49. The highest BCUT2D eigenvalue weighted by atomic mass is 35.5. The number of rotatable bonds is 0. The Hall–Kier alpha value is -0.730. The summed E-state index contributed by atoms with van der Waals surface area (Å²) in [6.07, 6.45) is 0. The van der Waals surface area contributed by atoms with E-state index in [0.29, 0.717) is 10.8 Å². The second-order valence-electron chi connectivity index (χ2n) is 2.72. The smallest absolute Gasteiger partial charge is 0.119 e. The predicted molar refractivity (Wildman–Crippen MR) is 53.2 cm³/mol. The van der Waals surface area contributed by atoms with Gasteiger partial charge in [0.25, 0.3) is 0 Å². The lowest BCUT2D eigenvalue weighted by Crippen LogP contribution is -1.72. The average molecular weight is 199 g/mol. The Morgan fingerprint density at radius 3 is 2.92 bits per heavy atom. The molecular formula is C9H7ClOS. The zero-order valence-electron chi connectivity index (χ0n) is 6.47. The van der Waals surface area contributed by atoms with Gasteiger partial charge in [0.05, 0.1) is 5.02 Å². The van der Waals surface area contributed by atoms with Crippen LogP contribution in [0.5, 0.6) is 5.75 Å². The number of aryl methyl sites for hydroxylation is 1. The van der Waals surface area contributed by atoms with Gasteiger partial charge in [-0.05, 0) is 24.6 Å². The zero-order chi connectivity index (χ0) is 8.72. The van der Waals surface area contributed by atoms with E-state index in [1.54, 1.807) is 17.4 Å². The maximum atomic E-state index is 9.41. The molecule has 3 heteroatoms. The van der Waals surface area contributed by atoms with E-state index in [9.17, 15) is 5.11 Å². The highest BCUT2D eigenvalue weighted by Crippen LogP contribution is 2.34. The molecule has 0 unspecified atom stereocenters. The van der Waals surface area contributed by atoms with Crippen molar-refractivity contribution in [1.29, 1.82) is 0 Å². The molecule has 0 saturated heterocycles. The van der Waals surface area contributed by atoms with Crippen LogP contribution in [-0.2, 0) is 0 Å². The average Bonchev–Trinajstić information content (AvgIpc) is 2.35. The number of hydrogen-bond acceptors (Lipinski definition) is 2. The lowest BCUT2D eigenvalue weighted by Gasteiger charge is -1.97. The summed E-state index contributed by atoms with van der Waals surface area (Å²) in [7, 11) is 0. The zero-order valence-corrected chi connectivity index (χ0v) is 8.04. The Labute approximate surface area is 79.2 Å². The topological polar surface area (TPSA) is 20.2 Å². The molecule has 1 heterocycles. The Kier molecular flexibility index (Phi) is 1.74. The van der Waals surface area contributed by atoms with E-state index in [1.807, 2.05) is 18.4 Å². The Balaban J connectivity index is 2.87. The summed E-state index contributed by atoms with van der Waals surface area (Å²) in [5.74, 6) is 0.308. The molecule has 0 bridgehead atoms. The highest BCUT2D eigenvalue weighted by Gasteiger charge is 2.04. The predicted octanol–water partition coefficient (Wildman–Crippen LogP) is 3.57. The van der Waals surface area contributed by atoms with Crippen molar-refractivity contribution >= 4 is 33.0 Å². The van der Waals surface area contributed by atoms with E-state index in [0.717, 1.165) is 15.6 Å². The van der Waals surface area contributed by atoms with Crippen molar-refractivity contribution in [1.82, 2.24) is 0 Å². The Morgan fingerprint density at radius 1 is 1.42 bits per heavy atom. The van der Waals surface area contributed by atoms with Crippen molar-refractivity contribution < 1.29 is 5.11 Å². The van der Waals surface area contributed by atoms with Crippen molar-refractivity contribution in [2.45, 2.75) is 6.92 Å². The van der Waals surface area contributed by atoms with E-state index in [4.69, 9.17) is 11.6 Å². The molecule has 1 nitrogen and oxygen atoms in total. The molecule has 1 aromatic carbocycles. The number of phenolic OH excluding ortho intramolecular Hbond substituents is 1. The second-order valence-corrected chi connectivity index (χ2v) is 4.04. The van der Waals surface area contributed by atoms with E-state index in [2.05, 4.69) is 0 Å². The summed E-state index contributed by atoms with van der Waals surface area (Å²) in [5.41, 5.74) is 0.890. The van der Waals surface area contributed by atoms with Gasteiger partial charge in [0, 0.05) is 15.5 Å². The molecular weight excluding hydrogens is 192 g/mol. The van der Waals surface area contributed by atoms with Gasteiger partial charge in [0.15, 0.2) is 0 Å². The first-order valence-corrected chi connectivity index (χ1v) is 4.80. The quantitative estimate of drug-likeness (QED) is 0.686. The van der Waals surface area contributed by atoms with Crippen molar-refractivity contribution in [3.8, 4) is 5.75 Å². The lowest BCUT2D eigenvalue weighted by atomic mass is 10.2. The number of fused-ring (bicyclic) bond motifs is 1. The van der Waals surface area contributed by atoms with Gasteiger partial charge in [0.1, 0.15) is 5.75 Å². The fraction of sp³-hybridized carbons (Fsp3) is 0.111. The minimum Gasteiger partial charge on any atom is -0.508 e. The fourth-order valence-corrected chi connectivity index (χ4v) is 2.38. The van der Waals surface area contributed by atoms with Gasteiger partial charge >= 0.3 is 0 Å². The van der Waals surface area contributed by atoms with Gasteiger partial charge in [0.2, 0.25) is 0 Å². The number of aromatic hydroxyl groups is 1. The third-order valence-corrected chi connectivity index (χ3v) is 3.23. The molecule has 0 amide bonds. The Morgan fingerprint density at radius 2 is 2.17 bits per heavy atom. The van der Waals surface area contributed by atoms with Crippen LogP contribution < -0.4 is 0 Å². The van der Waals surface area contributed by atoms with Crippen molar-refractivity contribution in [3.63, 3.8) is 0 Å². The number of hydrogen-bond donors (Lipinski definition) is 1. The Bertz CT molecular complexity index is 433. The van der Waals surface area contributed by atoms with Crippen LogP contribution in [0.25, 0.3) is 10.1 Å². The molecule has 0 radical (unpaired) electrons. The molecule has 0 aliphatic carbocycles. The maximum absolute atomic E-state index is 9.41. The fourth-order valence-electron chi connectivity index (χ4n) is 1.13. The van der Waals surface area contributed by atoms with Gasteiger partial charge < -0.3 is 5.11 Å². The van der Waals surface area contributed by atoms with E-state index >= 15 is 0 Å². The minimum absolute atomic E-state index is 0.308. The van der Waals surface area contributed by atoms with Crippen LogP contribution in [0.4, 0.5) is 0 Å². The van der Waals surface area contributed by atoms with Crippen LogP contribution in [-0.4, -0.2) is 5.11 Å². The minimum atomic E-state index is 0.308. The summed E-state index contributed by atoms with van der Waals surface area (Å²) in [5, 5.41) is 12.9. The first-order valence-electron chi connectivity index (χ1n) is 3.55. The summed E-state index contributed by atoms with van der Waals surface area (Å²) < 4.78 is 1.12. The van der Waals surface area contributed by atoms with E-state index < -0.39 is 0 Å². The SMILES string of the molecule is Cc1cc2scc(Cl)c2cc1O. The number of phenols is 1. The summed E-state index contributed by atoms with van der Waals surface area (Å²) in [4.78, 5) is 0. The highest BCUT2D eigenvalue weighted by molar-refractivity contribution is 7.17. The second kappa shape index (κ2) is 2.64. The van der Waals surface area contributed by atoms with Crippen LogP contribution in [0.2, 0.25) is 5.02 Å². The third-order valence-electron chi connectivity index (χ3n) is 1.84. The normalized spacial score (nSPS) is 10.8. The molecule has 0 atom stereocenters. The van der Waals surface area contributed by atoms with Gasteiger partial charge in [-0.25, -0.2) is 0 Å². The lowest BCUT2D eigenvalue weighted by molar-refractivity contribution is 0.472. The molecule has 62 valence electrons. The van der Waals surface area contributed by atoms with Crippen LogP contribution in [0, 0.1) is 6.92 Å². The van der Waals surface area contributed by atoms with Crippen LogP contribution in [0.3, 0.4) is 0 Å². The van der Waals surface area contributed by atoms with Crippen molar-refractivity contribution in [2.75, 3.05) is 0 Å². The number of thiophene rings is 1. The van der Waals surface area contributed by atoms with Crippen LogP contribution in [0.1, 0.15) is 5.56 Å². The van der Waals surface area contributed by atoms with Crippen molar-refractivity contribution in [3.05, 3.63) is 28.1 Å². The standard InChI is InChI=1S/C9H7ClOS/c1-5-2-9-6(3-8(5)11)7(10)4-12-9/h2-4,11H,1H3. The molecule has 2 rings (SSSR count). The largest absolute Gasteiger partial charge is 0.508 e. The molecule has 2 aromatic rings. The van der Waals surface area contributed by atoms with Crippen molar-refractivity contribution in [2.24, 2.45) is 0 Å². The first kappa shape index (κ1) is 7.90. The molecule has 0 fully saturated rings. The van der Waals surface area contributed by atoms with Gasteiger partial charge in [-0.3, -0.25) is 0 Å². The van der Waals surface area contributed by atoms with E-state index in [-0.39, 0.29) is 0 Å². The van der Waals surface area contributed by atoms with Gasteiger partial charge in [-0.2, -0.15) is 0 Å². The molecule has 0 aliphatic heterocycles. The van der Waals surface area contributed by atoms with Crippen LogP contribution in [0.15, 0.2) is 17.5 Å². The molecule has 0 aliphatic rings. The third kappa shape index (κ3) is 1.08. The molecule has 1 N–H and O–H groups in total. The molecule has 0 spiro atoms. The number of benzene rings is 1. The number of halogens is 1. The molecule has 1 aromatic heterocycles. The molecule has 0 saturated carbocycles. The molecule has 12 heavy (non-hydrogen) atoms. The van der Waals surface area contributed by atoms with Crippen LogP contribution >= 0.6 is 22.9 Å².